The van der Waals surface area contributed by atoms with Crippen LogP contribution in [-0.4, -0.2) is 47.7 Å². The first-order chi connectivity index (χ1) is 14.7. The summed E-state index contributed by atoms with van der Waals surface area (Å²) in [6, 6.07) is 0. The molecule has 0 amide bonds. The van der Waals surface area contributed by atoms with Gasteiger partial charge in [-0.3, -0.25) is 4.79 Å². The summed E-state index contributed by atoms with van der Waals surface area (Å²) in [7, 11) is 0. The van der Waals surface area contributed by atoms with Crippen molar-refractivity contribution in [2.24, 2.45) is 17.8 Å². The largest absolute Gasteiger partial charge is 0.465 e. The smallest absolute Gasteiger partial charge is 0.426 e. The molecule has 32 heavy (non-hydrogen) atoms. The van der Waals surface area contributed by atoms with Crippen molar-refractivity contribution >= 4 is 11.9 Å². The predicted molar refractivity (Wildman–Crippen MR) is 100 cm³/mol. The van der Waals surface area contributed by atoms with E-state index in [4.69, 9.17) is 14.6 Å². The van der Waals surface area contributed by atoms with E-state index < -0.39 is 48.7 Å². The molecule has 11 heteroatoms. The molecule has 2 fully saturated rings. The van der Waals surface area contributed by atoms with Gasteiger partial charge in [0.1, 0.15) is 6.10 Å². The zero-order valence-corrected chi connectivity index (χ0v) is 17.7. The molecule has 0 aromatic carbocycles. The average Bonchev–Trinajstić information content (AvgIpc) is 3.25. The van der Waals surface area contributed by atoms with Gasteiger partial charge in [-0.2, -0.15) is 26.3 Å². The number of halogens is 6. The van der Waals surface area contributed by atoms with E-state index in [9.17, 15) is 35.9 Å². The number of unbranched alkanes of at least 4 members (excludes halogenated alkanes) is 3. The van der Waals surface area contributed by atoms with Crippen LogP contribution in [0.1, 0.15) is 58.3 Å². The highest BCUT2D eigenvalue weighted by Crippen LogP contribution is 2.50. The summed E-state index contributed by atoms with van der Waals surface area (Å²) in [6.07, 6.45) is -11.3. The average molecular weight is 474 g/mol. The molecule has 0 aliphatic heterocycles. The Morgan fingerprint density at radius 3 is 2.09 bits per heavy atom. The fraction of sp³-hybridized carbons (Fsp3) is 0.810. The minimum Gasteiger partial charge on any atom is -0.465 e. The van der Waals surface area contributed by atoms with Gasteiger partial charge in [-0.25, -0.2) is 4.79 Å². The van der Waals surface area contributed by atoms with Crippen molar-refractivity contribution in [3.05, 3.63) is 12.2 Å². The van der Waals surface area contributed by atoms with Gasteiger partial charge in [0.15, 0.2) is 0 Å². The van der Waals surface area contributed by atoms with E-state index in [1.54, 1.807) is 0 Å². The molecule has 2 bridgehead atoms. The predicted octanol–water partition coefficient (Wildman–Crippen LogP) is 4.87. The Morgan fingerprint density at radius 2 is 1.56 bits per heavy atom. The van der Waals surface area contributed by atoms with Crippen molar-refractivity contribution in [2.75, 3.05) is 6.61 Å². The van der Waals surface area contributed by atoms with E-state index in [-0.39, 0.29) is 49.4 Å². The monoisotopic (exact) mass is 474 g/mol. The van der Waals surface area contributed by atoms with E-state index >= 15 is 0 Å². The Bertz CT molecular complexity index is 688. The third-order valence-corrected chi connectivity index (χ3v) is 6.28. The first-order valence-electron chi connectivity index (χ1n) is 10.6. The van der Waals surface area contributed by atoms with Gasteiger partial charge in [0, 0.05) is 11.5 Å². The number of ether oxygens (including phenoxy) is 2. The summed E-state index contributed by atoms with van der Waals surface area (Å²) in [4.78, 5) is 24.1. The quantitative estimate of drug-likeness (QED) is 0.212. The van der Waals surface area contributed by atoms with Gasteiger partial charge >= 0.3 is 24.3 Å². The van der Waals surface area contributed by atoms with Crippen LogP contribution in [-0.2, 0) is 19.1 Å². The summed E-state index contributed by atoms with van der Waals surface area (Å²) < 4.78 is 86.3. The number of fused-ring (bicyclic) bond motifs is 2. The van der Waals surface area contributed by atoms with Crippen LogP contribution in [0.3, 0.4) is 0 Å². The molecule has 2 aliphatic carbocycles. The van der Waals surface area contributed by atoms with Gasteiger partial charge in [-0.15, -0.1) is 0 Å². The van der Waals surface area contributed by atoms with Crippen LogP contribution in [0.25, 0.3) is 0 Å². The van der Waals surface area contributed by atoms with Crippen LogP contribution in [0, 0.1) is 17.8 Å². The molecule has 0 heterocycles. The zero-order chi connectivity index (χ0) is 24.3. The van der Waals surface area contributed by atoms with E-state index in [0.717, 1.165) is 6.42 Å². The molecule has 0 aromatic rings. The number of alkyl halides is 6. The van der Waals surface area contributed by atoms with Crippen LogP contribution >= 0.6 is 0 Å². The topological polar surface area (TPSA) is 72.8 Å². The standard InChI is InChI=1S/C21H28F6O5/c1-12(2)17(28)32-16-11-13-9-14(16)15(10-13)18(29)31-8-6-4-3-5-7-19(30,20(22,23)24)21(25,26)27/h13-16,30H,1,3-11H2,2H3. The maximum absolute atomic E-state index is 12.6. The lowest BCUT2D eigenvalue weighted by Crippen LogP contribution is -2.56. The van der Waals surface area contributed by atoms with Gasteiger partial charge in [-0.1, -0.05) is 19.4 Å². The molecular formula is C21H28F6O5. The van der Waals surface area contributed by atoms with E-state index in [1.165, 1.54) is 6.92 Å². The highest BCUT2D eigenvalue weighted by Gasteiger charge is 2.69. The minimum atomic E-state index is -5.81. The molecule has 2 rings (SSSR count). The summed E-state index contributed by atoms with van der Waals surface area (Å²) >= 11 is 0. The second-order valence-electron chi connectivity index (χ2n) is 8.76. The van der Waals surface area contributed by atoms with Crippen molar-refractivity contribution < 1.29 is 50.5 Å². The van der Waals surface area contributed by atoms with Gasteiger partial charge in [-0.05, 0) is 51.4 Å². The summed E-state index contributed by atoms with van der Waals surface area (Å²) in [5.74, 6) is -1.19. The van der Waals surface area contributed by atoms with Gasteiger partial charge < -0.3 is 14.6 Å². The Balaban J connectivity index is 1.69. The van der Waals surface area contributed by atoms with Crippen molar-refractivity contribution in [3.63, 3.8) is 0 Å². The molecule has 4 atom stereocenters. The van der Waals surface area contributed by atoms with Gasteiger partial charge in [0.05, 0.1) is 12.5 Å². The Kier molecular flexibility index (Phi) is 8.28. The third kappa shape index (κ3) is 5.96. The molecule has 0 radical (unpaired) electrons. The van der Waals surface area contributed by atoms with E-state index in [0.29, 0.717) is 12.8 Å². The fourth-order valence-electron chi connectivity index (χ4n) is 4.49. The van der Waals surface area contributed by atoms with Crippen molar-refractivity contribution in [1.29, 1.82) is 0 Å². The Labute approximate surface area is 182 Å². The first-order valence-corrected chi connectivity index (χ1v) is 10.6. The molecule has 2 saturated carbocycles. The molecule has 1 N–H and O–H groups in total. The number of aliphatic hydroxyl groups is 1. The second kappa shape index (κ2) is 10.0. The number of hydrogen-bond donors (Lipinski definition) is 1. The molecule has 4 unspecified atom stereocenters. The van der Waals surface area contributed by atoms with E-state index in [1.807, 2.05) is 0 Å². The highest BCUT2D eigenvalue weighted by atomic mass is 19.4. The van der Waals surface area contributed by atoms with Crippen LogP contribution in [0.15, 0.2) is 12.2 Å². The molecular weight excluding hydrogens is 446 g/mol. The first kappa shape index (κ1) is 26.5. The number of carbonyl (C=O) groups is 2. The lowest BCUT2D eigenvalue weighted by atomic mass is 9.86. The maximum Gasteiger partial charge on any atom is 0.426 e. The highest BCUT2D eigenvalue weighted by molar-refractivity contribution is 5.87. The number of esters is 2. The molecule has 0 aromatic heterocycles. The van der Waals surface area contributed by atoms with Crippen molar-refractivity contribution in [2.45, 2.75) is 82.3 Å². The van der Waals surface area contributed by atoms with Crippen LogP contribution < -0.4 is 0 Å². The Morgan fingerprint density at radius 1 is 0.969 bits per heavy atom. The van der Waals surface area contributed by atoms with Crippen LogP contribution in [0.4, 0.5) is 26.3 Å². The molecule has 2 aliphatic rings. The lowest BCUT2D eigenvalue weighted by molar-refractivity contribution is -0.370. The Hall–Kier alpha value is -1.78. The maximum atomic E-state index is 12.6. The van der Waals surface area contributed by atoms with Crippen LogP contribution in [0.2, 0.25) is 0 Å². The minimum absolute atomic E-state index is 0.00818. The molecule has 0 saturated heterocycles. The SMILES string of the molecule is C=C(C)C(=O)OC1CC2CC(C(=O)OCCCCCCC(O)(C(F)(F)F)C(F)(F)F)C1C2. The molecule has 0 spiro atoms. The molecule has 184 valence electrons. The normalized spacial score (nSPS) is 25.6. The van der Waals surface area contributed by atoms with E-state index in [2.05, 4.69) is 6.58 Å². The summed E-state index contributed by atoms with van der Waals surface area (Å²) in [5, 5.41) is 9.08. The third-order valence-electron chi connectivity index (χ3n) is 6.28. The number of carbonyl (C=O) groups excluding carboxylic acids is 2. The fourth-order valence-corrected chi connectivity index (χ4v) is 4.49. The van der Waals surface area contributed by atoms with Crippen molar-refractivity contribution in [1.82, 2.24) is 0 Å². The summed E-state index contributed by atoms with van der Waals surface area (Å²) in [6.45, 7) is 5.06. The van der Waals surface area contributed by atoms with Gasteiger partial charge in [0.2, 0.25) is 0 Å². The zero-order valence-electron chi connectivity index (χ0n) is 17.7. The number of rotatable bonds is 10. The van der Waals surface area contributed by atoms with Gasteiger partial charge in [0.25, 0.3) is 5.60 Å². The number of hydrogen-bond acceptors (Lipinski definition) is 5. The molecule has 5 nitrogen and oxygen atoms in total. The van der Waals surface area contributed by atoms with Crippen LogP contribution in [0.5, 0.6) is 0 Å². The van der Waals surface area contributed by atoms with Crippen molar-refractivity contribution in [3.8, 4) is 0 Å². The summed E-state index contributed by atoms with van der Waals surface area (Å²) in [5.41, 5.74) is -4.45. The second-order valence-corrected chi connectivity index (χ2v) is 8.76. The lowest BCUT2D eigenvalue weighted by Gasteiger charge is -2.32.